The second-order valence-electron chi connectivity index (χ2n) is 5.81. The van der Waals surface area contributed by atoms with E-state index in [9.17, 15) is 18.0 Å². The van der Waals surface area contributed by atoms with Crippen LogP contribution in [0.2, 0.25) is 5.02 Å². The fraction of sp³-hybridized carbons (Fsp3) is 0.235. The minimum atomic E-state index is -2.82. The van der Waals surface area contributed by atoms with Gasteiger partial charge in [0.1, 0.15) is 18.1 Å². The normalized spacial score (nSPS) is 11.2. The molecule has 0 unspecified atom stereocenters. The van der Waals surface area contributed by atoms with Crippen molar-refractivity contribution in [2.75, 3.05) is 5.32 Å². The quantitative estimate of drug-likeness (QED) is 0.688. The van der Waals surface area contributed by atoms with E-state index in [1.54, 1.807) is 18.2 Å². The van der Waals surface area contributed by atoms with Crippen molar-refractivity contribution in [1.82, 2.24) is 19.6 Å². The van der Waals surface area contributed by atoms with Gasteiger partial charge in [-0.1, -0.05) is 29.8 Å². The molecule has 2 aromatic heterocycles. The van der Waals surface area contributed by atoms with E-state index in [1.165, 1.54) is 30.1 Å². The molecule has 142 valence electrons. The lowest BCUT2D eigenvalue weighted by atomic mass is 10.2. The van der Waals surface area contributed by atoms with Crippen LogP contribution >= 0.6 is 11.6 Å². The number of aromatic nitrogens is 4. The molecular weight excluding hydrogens is 383 g/mol. The number of benzene rings is 1. The third-order valence-corrected chi connectivity index (χ3v) is 4.33. The largest absolute Gasteiger partial charge is 0.322 e. The summed E-state index contributed by atoms with van der Waals surface area (Å²) in [6.45, 7) is 1.42. The second kappa shape index (κ2) is 7.83. The van der Waals surface area contributed by atoms with E-state index in [-0.39, 0.29) is 29.6 Å². The van der Waals surface area contributed by atoms with Gasteiger partial charge in [0.2, 0.25) is 5.91 Å². The first-order valence-electron chi connectivity index (χ1n) is 7.92. The summed E-state index contributed by atoms with van der Waals surface area (Å²) in [6, 6.07) is 6.30. The summed E-state index contributed by atoms with van der Waals surface area (Å²) < 4.78 is 41.9. The van der Waals surface area contributed by atoms with Crippen LogP contribution in [0.4, 0.5) is 18.9 Å². The standard InChI is InChI=1S/C17H15ClF3N5O/c1-10-15(18)16(17(20)21)24-26(10)9-14(27)23-12-6-22-25(8-12)7-11-4-2-3-5-13(11)19/h2-6,8,17H,7,9H2,1H3,(H,23,27). The zero-order valence-electron chi connectivity index (χ0n) is 14.2. The highest BCUT2D eigenvalue weighted by molar-refractivity contribution is 6.31. The molecular formula is C17H15ClF3N5O. The first kappa shape index (κ1) is 19.0. The zero-order chi connectivity index (χ0) is 19.6. The molecule has 0 atom stereocenters. The van der Waals surface area contributed by atoms with Crippen molar-refractivity contribution >= 4 is 23.2 Å². The third kappa shape index (κ3) is 4.30. The van der Waals surface area contributed by atoms with Gasteiger partial charge in [0.15, 0.2) is 0 Å². The van der Waals surface area contributed by atoms with Crippen molar-refractivity contribution in [3.63, 3.8) is 0 Å². The molecule has 0 aliphatic heterocycles. The van der Waals surface area contributed by atoms with Crippen LogP contribution in [0.25, 0.3) is 0 Å². The van der Waals surface area contributed by atoms with Crippen LogP contribution in [0.5, 0.6) is 0 Å². The molecule has 1 amide bonds. The number of nitrogens with zero attached hydrogens (tertiary/aromatic N) is 4. The molecule has 0 spiro atoms. The van der Waals surface area contributed by atoms with Crippen LogP contribution in [0.1, 0.15) is 23.4 Å². The molecule has 3 rings (SSSR count). The maximum absolute atomic E-state index is 13.7. The molecule has 0 saturated carbocycles. The van der Waals surface area contributed by atoms with Gasteiger partial charge in [-0.05, 0) is 13.0 Å². The summed E-state index contributed by atoms with van der Waals surface area (Å²) in [5, 5.41) is 10.2. The van der Waals surface area contributed by atoms with Gasteiger partial charge in [-0.3, -0.25) is 14.2 Å². The second-order valence-corrected chi connectivity index (χ2v) is 6.19. The fourth-order valence-corrected chi connectivity index (χ4v) is 2.71. The maximum Gasteiger partial charge on any atom is 0.283 e. The number of alkyl halides is 2. The Morgan fingerprint density at radius 1 is 1.33 bits per heavy atom. The number of hydrogen-bond donors (Lipinski definition) is 1. The minimum Gasteiger partial charge on any atom is -0.322 e. The van der Waals surface area contributed by atoms with Crippen LogP contribution < -0.4 is 5.32 Å². The summed E-state index contributed by atoms with van der Waals surface area (Å²) in [6.07, 6.45) is 0.126. The van der Waals surface area contributed by atoms with Gasteiger partial charge in [0.05, 0.1) is 29.1 Å². The number of carbonyl (C=O) groups excluding carboxylic acids is 1. The Balaban J connectivity index is 1.65. The van der Waals surface area contributed by atoms with E-state index < -0.39 is 18.0 Å². The molecule has 0 saturated heterocycles. The van der Waals surface area contributed by atoms with Crippen molar-refractivity contribution in [2.45, 2.75) is 26.4 Å². The number of nitrogens with one attached hydrogen (secondary N) is 1. The maximum atomic E-state index is 13.7. The lowest BCUT2D eigenvalue weighted by Gasteiger charge is -2.05. The minimum absolute atomic E-state index is 0.157. The number of hydrogen-bond acceptors (Lipinski definition) is 3. The number of anilines is 1. The molecule has 0 fully saturated rings. The Bertz CT molecular complexity index is 969. The Hall–Kier alpha value is -2.81. The number of amides is 1. The van der Waals surface area contributed by atoms with Crippen molar-refractivity contribution < 1.29 is 18.0 Å². The van der Waals surface area contributed by atoms with E-state index in [1.807, 2.05) is 0 Å². The van der Waals surface area contributed by atoms with E-state index in [0.29, 0.717) is 11.3 Å². The first-order chi connectivity index (χ1) is 12.8. The number of rotatable bonds is 6. The lowest BCUT2D eigenvalue weighted by molar-refractivity contribution is -0.117. The van der Waals surface area contributed by atoms with Crippen LogP contribution in [0.3, 0.4) is 0 Å². The molecule has 1 N–H and O–H groups in total. The summed E-state index contributed by atoms with van der Waals surface area (Å²) in [5.74, 6) is -0.831. The predicted molar refractivity (Wildman–Crippen MR) is 93.3 cm³/mol. The topological polar surface area (TPSA) is 64.7 Å². The van der Waals surface area contributed by atoms with Gasteiger partial charge < -0.3 is 5.32 Å². The van der Waals surface area contributed by atoms with E-state index >= 15 is 0 Å². The molecule has 27 heavy (non-hydrogen) atoms. The highest BCUT2D eigenvalue weighted by Crippen LogP contribution is 2.28. The van der Waals surface area contributed by atoms with Crippen LogP contribution in [0.15, 0.2) is 36.7 Å². The smallest absolute Gasteiger partial charge is 0.283 e. The Morgan fingerprint density at radius 3 is 2.74 bits per heavy atom. The average molecular weight is 398 g/mol. The Morgan fingerprint density at radius 2 is 2.07 bits per heavy atom. The predicted octanol–water partition coefficient (Wildman–Crippen LogP) is 3.81. The van der Waals surface area contributed by atoms with Gasteiger partial charge in [-0.25, -0.2) is 13.2 Å². The molecule has 0 bridgehead atoms. The average Bonchev–Trinajstić information content (AvgIpc) is 3.16. The number of halogens is 4. The molecule has 0 radical (unpaired) electrons. The number of carbonyl (C=O) groups is 1. The molecule has 10 heteroatoms. The van der Waals surface area contributed by atoms with Crippen molar-refractivity contribution in [3.8, 4) is 0 Å². The van der Waals surface area contributed by atoms with Crippen molar-refractivity contribution in [2.24, 2.45) is 0 Å². The summed E-state index contributed by atoms with van der Waals surface area (Å²) in [4.78, 5) is 12.1. The van der Waals surface area contributed by atoms with Crippen LogP contribution in [-0.2, 0) is 17.9 Å². The van der Waals surface area contributed by atoms with Crippen molar-refractivity contribution in [1.29, 1.82) is 0 Å². The van der Waals surface area contributed by atoms with E-state index in [4.69, 9.17) is 11.6 Å². The summed E-state index contributed by atoms with van der Waals surface area (Å²) >= 11 is 5.81. The molecule has 6 nitrogen and oxygen atoms in total. The van der Waals surface area contributed by atoms with Crippen LogP contribution in [0, 0.1) is 12.7 Å². The van der Waals surface area contributed by atoms with Gasteiger partial charge in [0, 0.05) is 11.8 Å². The third-order valence-electron chi connectivity index (χ3n) is 3.87. The van der Waals surface area contributed by atoms with E-state index in [0.717, 1.165) is 4.68 Å². The van der Waals surface area contributed by atoms with Crippen LogP contribution in [-0.4, -0.2) is 25.5 Å². The van der Waals surface area contributed by atoms with E-state index in [2.05, 4.69) is 15.5 Å². The summed E-state index contributed by atoms with van der Waals surface area (Å²) in [5.41, 5.74) is 0.568. The SMILES string of the molecule is Cc1c(Cl)c(C(F)F)nn1CC(=O)Nc1cnn(Cc2ccccc2F)c1. The van der Waals surface area contributed by atoms with Crippen molar-refractivity contribution in [3.05, 3.63) is 64.5 Å². The Kier molecular flexibility index (Phi) is 5.50. The van der Waals surface area contributed by atoms with Gasteiger partial charge in [0.25, 0.3) is 6.43 Å². The highest BCUT2D eigenvalue weighted by atomic mass is 35.5. The molecule has 0 aliphatic rings. The van der Waals surface area contributed by atoms with Gasteiger partial charge in [-0.2, -0.15) is 10.2 Å². The highest BCUT2D eigenvalue weighted by Gasteiger charge is 2.21. The molecule has 3 aromatic rings. The molecule has 0 aliphatic carbocycles. The summed E-state index contributed by atoms with van der Waals surface area (Å²) in [7, 11) is 0. The zero-order valence-corrected chi connectivity index (χ0v) is 14.9. The molecule has 2 heterocycles. The first-order valence-corrected chi connectivity index (χ1v) is 8.29. The monoisotopic (exact) mass is 397 g/mol. The fourth-order valence-electron chi connectivity index (χ4n) is 2.49. The lowest BCUT2D eigenvalue weighted by Crippen LogP contribution is -2.20. The Labute approximate surface area is 157 Å². The van der Waals surface area contributed by atoms with Gasteiger partial charge in [-0.15, -0.1) is 0 Å². The molecule has 1 aromatic carbocycles. The van der Waals surface area contributed by atoms with Gasteiger partial charge >= 0.3 is 0 Å².